The van der Waals surface area contributed by atoms with E-state index in [1.807, 2.05) is 18.7 Å². The van der Waals surface area contributed by atoms with Crippen LogP contribution in [0.3, 0.4) is 0 Å². The highest BCUT2D eigenvalue weighted by Gasteiger charge is 2.25. The lowest BCUT2D eigenvalue weighted by Crippen LogP contribution is -2.38. The lowest BCUT2D eigenvalue weighted by molar-refractivity contribution is -0.384. The first-order valence-corrected chi connectivity index (χ1v) is 8.19. The quantitative estimate of drug-likeness (QED) is 0.668. The molecule has 1 aliphatic rings. The zero-order chi connectivity index (χ0) is 15.2. The van der Waals surface area contributed by atoms with Crippen molar-refractivity contribution in [2.45, 2.75) is 13.3 Å². The van der Waals surface area contributed by atoms with Gasteiger partial charge < -0.3 is 10.2 Å². The van der Waals surface area contributed by atoms with Gasteiger partial charge in [0.05, 0.1) is 10.5 Å². The molecule has 7 heteroatoms. The highest BCUT2D eigenvalue weighted by Crippen LogP contribution is 2.29. The highest BCUT2D eigenvalue weighted by molar-refractivity contribution is 7.99. The molecule has 1 saturated heterocycles. The summed E-state index contributed by atoms with van der Waals surface area (Å²) < 4.78 is 0. The monoisotopic (exact) mass is 309 g/mol. The van der Waals surface area contributed by atoms with Crippen LogP contribution in [-0.4, -0.2) is 46.9 Å². The Labute approximate surface area is 128 Å². The normalized spacial score (nSPS) is 14.8. The Hall–Kier alpha value is -1.76. The molecule has 0 unspecified atom stereocenters. The van der Waals surface area contributed by atoms with Crippen LogP contribution in [-0.2, 0) is 0 Å². The third kappa shape index (κ3) is 3.66. The largest absolute Gasteiger partial charge is 0.379 e. The number of nitro groups is 1. The second-order valence-corrected chi connectivity index (χ2v) is 6.01. The van der Waals surface area contributed by atoms with Gasteiger partial charge in [0.2, 0.25) is 0 Å². The number of para-hydroxylation sites is 1. The molecule has 1 aromatic rings. The Kier molecular flexibility index (Phi) is 5.44. The van der Waals surface area contributed by atoms with Gasteiger partial charge in [-0.25, -0.2) is 0 Å². The fourth-order valence-corrected chi connectivity index (χ4v) is 3.15. The molecule has 1 fully saturated rings. The predicted octanol–water partition coefficient (Wildman–Crippen LogP) is 2.61. The minimum absolute atomic E-state index is 0.0410. The van der Waals surface area contributed by atoms with Crippen molar-refractivity contribution in [3.8, 4) is 0 Å². The SMILES string of the molecule is CCCNc1c(C(=O)N2CCSCC2)cccc1[N+](=O)[O-]. The molecule has 1 heterocycles. The Morgan fingerprint density at radius 2 is 2.14 bits per heavy atom. The predicted molar refractivity (Wildman–Crippen MR) is 85.1 cm³/mol. The molecule has 6 nitrogen and oxygen atoms in total. The van der Waals surface area contributed by atoms with Gasteiger partial charge in [-0.2, -0.15) is 11.8 Å². The number of nitro benzene ring substituents is 1. The number of nitrogens with one attached hydrogen (secondary N) is 1. The van der Waals surface area contributed by atoms with E-state index >= 15 is 0 Å². The number of anilines is 1. The second kappa shape index (κ2) is 7.31. The standard InChI is InChI=1S/C14H19N3O3S/c1-2-6-15-13-11(4-3-5-12(13)17(19)20)14(18)16-7-9-21-10-8-16/h3-5,15H,2,6-10H2,1H3. The maximum absolute atomic E-state index is 12.6. The number of amides is 1. The highest BCUT2D eigenvalue weighted by atomic mass is 32.2. The molecule has 0 bridgehead atoms. The molecule has 1 aliphatic heterocycles. The summed E-state index contributed by atoms with van der Waals surface area (Å²) in [6, 6.07) is 4.66. The van der Waals surface area contributed by atoms with E-state index in [0.29, 0.717) is 30.9 Å². The zero-order valence-electron chi connectivity index (χ0n) is 12.0. The van der Waals surface area contributed by atoms with Crippen molar-refractivity contribution in [2.75, 3.05) is 36.5 Å². The van der Waals surface area contributed by atoms with Crippen LogP contribution in [0.4, 0.5) is 11.4 Å². The van der Waals surface area contributed by atoms with Crippen molar-refractivity contribution in [1.82, 2.24) is 4.90 Å². The molecule has 0 radical (unpaired) electrons. The van der Waals surface area contributed by atoms with Crippen LogP contribution in [0.5, 0.6) is 0 Å². The summed E-state index contributed by atoms with van der Waals surface area (Å²) in [5.41, 5.74) is 0.692. The molecule has 21 heavy (non-hydrogen) atoms. The van der Waals surface area contributed by atoms with E-state index in [1.165, 1.54) is 6.07 Å². The molecule has 1 N–H and O–H groups in total. The van der Waals surface area contributed by atoms with Gasteiger partial charge in [-0.1, -0.05) is 13.0 Å². The van der Waals surface area contributed by atoms with Crippen LogP contribution in [0.2, 0.25) is 0 Å². The molecule has 114 valence electrons. The van der Waals surface area contributed by atoms with Crippen LogP contribution in [0.15, 0.2) is 18.2 Å². The zero-order valence-corrected chi connectivity index (χ0v) is 12.8. The molecule has 0 saturated carbocycles. The van der Waals surface area contributed by atoms with Crippen LogP contribution >= 0.6 is 11.8 Å². The fraction of sp³-hybridized carbons (Fsp3) is 0.500. The van der Waals surface area contributed by atoms with Gasteiger partial charge in [0.1, 0.15) is 5.69 Å². The van der Waals surface area contributed by atoms with Gasteiger partial charge >= 0.3 is 0 Å². The van der Waals surface area contributed by atoms with E-state index in [1.54, 1.807) is 17.0 Å². The first-order valence-electron chi connectivity index (χ1n) is 7.03. The van der Waals surface area contributed by atoms with E-state index in [2.05, 4.69) is 5.32 Å². The van der Waals surface area contributed by atoms with Gasteiger partial charge in [0.25, 0.3) is 11.6 Å². The number of hydrogen-bond donors (Lipinski definition) is 1. The number of benzene rings is 1. The molecule has 1 aromatic carbocycles. The van der Waals surface area contributed by atoms with Crippen LogP contribution in [0, 0.1) is 10.1 Å². The third-order valence-corrected chi connectivity index (χ3v) is 4.26. The van der Waals surface area contributed by atoms with E-state index in [0.717, 1.165) is 17.9 Å². The van der Waals surface area contributed by atoms with Gasteiger partial charge in [-0.15, -0.1) is 0 Å². The molecule has 0 spiro atoms. The number of hydrogen-bond acceptors (Lipinski definition) is 5. The average molecular weight is 309 g/mol. The van der Waals surface area contributed by atoms with Crippen molar-refractivity contribution >= 4 is 29.0 Å². The van der Waals surface area contributed by atoms with Crippen LogP contribution < -0.4 is 5.32 Å². The Balaban J connectivity index is 2.34. The molecule has 2 rings (SSSR count). The lowest BCUT2D eigenvalue weighted by Gasteiger charge is -2.27. The van der Waals surface area contributed by atoms with Crippen molar-refractivity contribution in [3.63, 3.8) is 0 Å². The Bertz CT molecular complexity index is 530. The number of carbonyl (C=O) groups is 1. The summed E-state index contributed by atoms with van der Waals surface area (Å²) in [5, 5.41) is 14.2. The first kappa shape index (κ1) is 15.6. The third-order valence-electron chi connectivity index (χ3n) is 3.32. The van der Waals surface area contributed by atoms with E-state index in [-0.39, 0.29) is 11.6 Å². The van der Waals surface area contributed by atoms with Gasteiger partial charge in [0, 0.05) is 37.2 Å². The summed E-state index contributed by atoms with van der Waals surface area (Å²) in [4.78, 5) is 25.1. The van der Waals surface area contributed by atoms with E-state index in [9.17, 15) is 14.9 Å². The van der Waals surface area contributed by atoms with Gasteiger partial charge in [0.15, 0.2) is 0 Å². The average Bonchev–Trinajstić information content (AvgIpc) is 2.52. The molecule has 0 atom stereocenters. The smallest absolute Gasteiger partial charge is 0.293 e. The number of carbonyl (C=O) groups excluding carboxylic acids is 1. The molecule has 0 aliphatic carbocycles. The Morgan fingerprint density at radius 3 is 2.76 bits per heavy atom. The maximum atomic E-state index is 12.6. The minimum Gasteiger partial charge on any atom is -0.379 e. The number of thioether (sulfide) groups is 1. The van der Waals surface area contributed by atoms with Crippen LogP contribution in [0.1, 0.15) is 23.7 Å². The molecule has 0 aromatic heterocycles. The molecule has 1 amide bonds. The summed E-state index contributed by atoms with van der Waals surface area (Å²) in [6.45, 7) is 3.96. The van der Waals surface area contributed by atoms with E-state index < -0.39 is 4.92 Å². The van der Waals surface area contributed by atoms with Crippen molar-refractivity contribution in [2.24, 2.45) is 0 Å². The van der Waals surface area contributed by atoms with Gasteiger partial charge in [-0.05, 0) is 12.5 Å². The lowest BCUT2D eigenvalue weighted by atomic mass is 10.1. The van der Waals surface area contributed by atoms with Gasteiger partial charge in [-0.3, -0.25) is 14.9 Å². The number of rotatable bonds is 5. The van der Waals surface area contributed by atoms with E-state index in [4.69, 9.17) is 0 Å². The summed E-state index contributed by atoms with van der Waals surface area (Å²) in [6.07, 6.45) is 0.833. The maximum Gasteiger partial charge on any atom is 0.293 e. The molecular weight excluding hydrogens is 290 g/mol. The summed E-state index contributed by atoms with van der Waals surface area (Å²) >= 11 is 1.82. The minimum atomic E-state index is -0.444. The summed E-state index contributed by atoms with van der Waals surface area (Å²) in [7, 11) is 0. The van der Waals surface area contributed by atoms with Crippen molar-refractivity contribution in [1.29, 1.82) is 0 Å². The van der Waals surface area contributed by atoms with Crippen molar-refractivity contribution in [3.05, 3.63) is 33.9 Å². The fourth-order valence-electron chi connectivity index (χ4n) is 2.24. The van der Waals surface area contributed by atoms with Crippen LogP contribution in [0.25, 0.3) is 0 Å². The second-order valence-electron chi connectivity index (χ2n) is 4.79. The molecular formula is C14H19N3O3S. The van der Waals surface area contributed by atoms with Crippen molar-refractivity contribution < 1.29 is 9.72 Å². The number of nitrogens with zero attached hydrogens (tertiary/aromatic N) is 2. The summed E-state index contributed by atoms with van der Waals surface area (Å²) in [5.74, 6) is 1.70. The Morgan fingerprint density at radius 1 is 1.43 bits per heavy atom. The first-order chi connectivity index (χ1) is 10.1. The topological polar surface area (TPSA) is 75.5 Å².